The average molecular weight is 434 g/mol. The first-order valence-electron chi connectivity index (χ1n) is 10.6. The van der Waals surface area contributed by atoms with E-state index in [1.807, 2.05) is 4.90 Å². The summed E-state index contributed by atoms with van der Waals surface area (Å²) in [5.41, 5.74) is 0.787. The molecule has 9 nitrogen and oxygen atoms in total. The van der Waals surface area contributed by atoms with Crippen molar-refractivity contribution in [2.75, 3.05) is 49.1 Å². The molecule has 0 spiro atoms. The zero-order valence-corrected chi connectivity index (χ0v) is 17.5. The number of halogens is 1. The normalized spacial score (nSPS) is 21.7. The van der Waals surface area contributed by atoms with Gasteiger partial charge in [-0.15, -0.1) is 0 Å². The van der Waals surface area contributed by atoms with E-state index in [-0.39, 0.29) is 24.9 Å². The van der Waals surface area contributed by atoms with Gasteiger partial charge in [0.25, 0.3) is 0 Å². The molecule has 1 aliphatic carbocycles. The van der Waals surface area contributed by atoms with E-state index in [1.165, 1.54) is 23.0 Å². The third-order valence-corrected chi connectivity index (χ3v) is 5.66. The molecule has 1 saturated carbocycles. The summed E-state index contributed by atoms with van der Waals surface area (Å²) >= 11 is 0. The average Bonchev–Trinajstić information content (AvgIpc) is 3.50. The van der Waals surface area contributed by atoms with Gasteiger partial charge in [0.05, 0.1) is 37.6 Å². The molecule has 31 heavy (non-hydrogen) atoms. The van der Waals surface area contributed by atoms with Gasteiger partial charge in [-0.05, 0) is 37.0 Å². The lowest BCUT2D eigenvalue weighted by molar-refractivity contribution is -0.182. The number of carbonyl (C=O) groups is 3. The monoisotopic (exact) mass is 434 g/mol. The van der Waals surface area contributed by atoms with Gasteiger partial charge >= 0.3 is 6.09 Å². The van der Waals surface area contributed by atoms with Gasteiger partial charge in [0.15, 0.2) is 0 Å². The summed E-state index contributed by atoms with van der Waals surface area (Å²) in [6, 6.07) is 4.60. The maximum Gasteiger partial charge on any atom is 0.414 e. The summed E-state index contributed by atoms with van der Waals surface area (Å²) in [6.07, 6.45) is 1.65. The molecule has 3 fully saturated rings. The number of hydrogen-bond acceptors (Lipinski definition) is 6. The highest BCUT2D eigenvalue weighted by Crippen LogP contribution is 2.33. The molecule has 168 valence electrons. The first-order chi connectivity index (χ1) is 14.9. The number of rotatable bonds is 6. The number of nitrogens with one attached hydrogen (secondary N) is 1. The topological polar surface area (TPSA) is 91.4 Å². The van der Waals surface area contributed by atoms with E-state index in [4.69, 9.17) is 9.57 Å². The Kier molecular flexibility index (Phi) is 6.26. The molecule has 2 aliphatic heterocycles. The summed E-state index contributed by atoms with van der Waals surface area (Å²) in [6.45, 7) is 3.40. The minimum atomic E-state index is -0.574. The van der Waals surface area contributed by atoms with Crippen molar-refractivity contribution in [1.82, 2.24) is 10.4 Å². The van der Waals surface area contributed by atoms with Gasteiger partial charge in [0.2, 0.25) is 11.8 Å². The van der Waals surface area contributed by atoms with Crippen LogP contribution in [0.5, 0.6) is 0 Å². The molecule has 1 atom stereocenters. The van der Waals surface area contributed by atoms with Crippen LogP contribution in [0.15, 0.2) is 18.2 Å². The quantitative estimate of drug-likeness (QED) is 0.733. The zero-order chi connectivity index (χ0) is 22.0. The lowest BCUT2D eigenvalue weighted by Gasteiger charge is -2.24. The van der Waals surface area contributed by atoms with Crippen LogP contribution in [-0.4, -0.2) is 68.4 Å². The first kappa shape index (κ1) is 21.4. The maximum atomic E-state index is 14.9. The highest BCUT2D eigenvalue weighted by molar-refractivity contribution is 5.90. The molecule has 0 radical (unpaired) electrons. The van der Waals surface area contributed by atoms with Crippen molar-refractivity contribution in [3.05, 3.63) is 24.0 Å². The molecule has 0 bridgehead atoms. The van der Waals surface area contributed by atoms with Gasteiger partial charge in [0, 0.05) is 26.4 Å². The fraction of sp³-hybridized carbons (Fsp3) is 0.571. The molecule has 1 N–H and O–H groups in total. The van der Waals surface area contributed by atoms with Crippen molar-refractivity contribution >= 4 is 29.3 Å². The number of carbonyl (C=O) groups excluding carboxylic acids is 3. The van der Waals surface area contributed by atoms with Crippen molar-refractivity contribution in [2.24, 2.45) is 5.92 Å². The van der Waals surface area contributed by atoms with Crippen molar-refractivity contribution < 1.29 is 28.3 Å². The van der Waals surface area contributed by atoms with E-state index >= 15 is 0 Å². The molecular formula is C21H27FN4O5. The number of cyclic esters (lactones) is 1. The van der Waals surface area contributed by atoms with Crippen LogP contribution in [0.2, 0.25) is 0 Å². The maximum absolute atomic E-state index is 14.9. The molecule has 2 heterocycles. The Bertz CT molecular complexity index is 862. The molecule has 1 aromatic rings. The molecule has 3 amide bonds. The molecule has 1 aromatic carbocycles. The molecular weight excluding hydrogens is 407 g/mol. The SMILES string of the molecule is CC(=O)NCC1CN(c2ccc(N3CCON(C(=O)CC4CC4)CC3)c(F)c2)C(=O)O1. The number of nitrogens with zero attached hydrogens (tertiary/aromatic N) is 3. The highest BCUT2D eigenvalue weighted by atomic mass is 19.1. The van der Waals surface area contributed by atoms with Gasteiger partial charge in [-0.3, -0.25) is 19.3 Å². The minimum absolute atomic E-state index is 0.0125. The second-order valence-electron chi connectivity index (χ2n) is 8.15. The van der Waals surface area contributed by atoms with Crippen LogP contribution in [0.4, 0.5) is 20.6 Å². The Morgan fingerprint density at radius 2 is 2.03 bits per heavy atom. The van der Waals surface area contributed by atoms with Crippen LogP contribution in [0.1, 0.15) is 26.2 Å². The molecule has 4 rings (SSSR count). The van der Waals surface area contributed by atoms with E-state index in [0.29, 0.717) is 50.0 Å². The number of anilines is 2. The minimum Gasteiger partial charge on any atom is -0.442 e. The van der Waals surface area contributed by atoms with Crippen molar-refractivity contribution in [3.63, 3.8) is 0 Å². The fourth-order valence-corrected chi connectivity index (χ4v) is 3.77. The molecule has 3 aliphatic rings. The Morgan fingerprint density at radius 3 is 2.74 bits per heavy atom. The van der Waals surface area contributed by atoms with Crippen LogP contribution >= 0.6 is 0 Å². The summed E-state index contributed by atoms with van der Waals surface area (Å²) in [4.78, 5) is 44.3. The molecule has 1 unspecified atom stereocenters. The van der Waals surface area contributed by atoms with Crippen molar-refractivity contribution in [3.8, 4) is 0 Å². The predicted molar refractivity (Wildman–Crippen MR) is 110 cm³/mol. The van der Waals surface area contributed by atoms with Crippen LogP contribution in [0, 0.1) is 11.7 Å². The highest BCUT2D eigenvalue weighted by Gasteiger charge is 2.33. The largest absolute Gasteiger partial charge is 0.442 e. The number of hydrogen-bond donors (Lipinski definition) is 1. The Hall–Kier alpha value is -2.88. The van der Waals surface area contributed by atoms with Crippen LogP contribution in [-0.2, 0) is 19.2 Å². The van der Waals surface area contributed by atoms with E-state index in [2.05, 4.69) is 5.32 Å². The molecule has 10 heteroatoms. The third-order valence-electron chi connectivity index (χ3n) is 5.66. The number of ether oxygens (including phenoxy) is 1. The summed E-state index contributed by atoms with van der Waals surface area (Å²) in [5, 5.41) is 4.01. The van der Waals surface area contributed by atoms with Crippen LogP contribution in [0.25, 0.3) is 0 Å². The zero-order valence-electron chi connectivity index (χ0n) is 17.5. The van der Waals surface area contributed by atoms with Gasteiger partial charge in [-0.1, -0.05) is 0 Å². The van der Waals surface area contributed by atoms with E-state index in [1.54, 1.807) is 12.1 Å². The lowest BCUT2D eigenvalue weighted by atomic mass is 10.2. The van der Waals surface area contributed by atoms with Gasteiger partial charge in [-0.25, -0.2) is 14.2 Å². The Labute approximate surface area is 180 Å². The summed E-state index contributed by atoms with van der Waals surface area (Å²) in [5.74, 6) is -0.204. The second-order valence-corrected chi connectivity index (χ2v) is 8.15. The Balaban J connectivity index is 1.37. The predicted octanol–water partition coefficient (Wildman–Crippen LogP) is 1.67. The standard InChI is InChI=1S/C21H27FN4O5/c1-14(27)23-12-17-13-25(21(29)31-17)16-4-5-19(18(22)11-16)24-6-7-26(30-9-8-24)20(28)10-15-2-3-15/h4-5,11,15,17H,2-3,6-10,12-13H2,1H3,(H,23,27). The van der Waals surface area contributed by atoms with Crippen molar-refractivity contribution in [2.45, 2.75) is 32.3 Å². The number of amides is 3. The van der Waals surface area contributed by atoms with Gasteiger partial charge in [0.1, 0.15) is 11.9 Å². The van der Waals surface area contributed by atoms with Crippen LogP contribution < -0.4 is 15.1 Å². The Morgan fingerprint density at radius 1 is 1.23 bits per heavy atom. The van der Waals surface area contributed by atoms with Gasteiger partial charge in [-0.2, -0.15) is 0 Å². The lowest BCUT2D eigenvalue weighted by Crippen LogP contribution is -2.34. The summed E-state index contributed by atoms with van der Waals surface area (Å²) < 4.78 is 20.2. The summed E-state index contributed by atoms with van der Waals surface area (Å²) in [7, 11) is 0. The van der Waals surface area contributed by atoms with Gasteiger partial charge < -0.3 is 15.0 Å². The third kappa shape index (κ3) is 5.25. The number of hydroxylamine groups is 2. The molecule has 2 saturated heterocycles. The van der Waals surface area contributed by atoms with Crippen LogP contribution in [0.3, 0.4) is 0 Å². The van der Waals surface area contributed by atoms with Crippen molar-refractivity contribution in [1.29, 1.82) is 0 Å². The smallest absolute Gasteiger partial charge is 0.414 e. The fourth-order valence-electron chi connectivity index (χ4n) is 3.77. The number of benzene rings is 1. The van der Waals surface area contributed by atoms with E-state index < -0.39 is 18.0 Å². The molecule has 0 aromatic heterocycles. The van der Waals surface area contributed by atoms with E-state index in [9.17, 15) is 18.8 Å². The van der Waals surface area contributed by atoms with E-state index in [0.717, 1.165) is 12.8 Å². The first-order valence-corrected chi connectivity index (χ1v) is 10.6. The second kappa shape index (κ2) is 9.09.